The summed E-state index contributed by atoms with van der Waals surface area (Å²) in [7, 11) is 0. The topological polar surface area (TPSA) is 37.3 Å². The van der Waals surface area contributed by atoms with E-state index in [0.29, 0.717) is 0 Å². The van der Waals surface area contributed by atoms with Crippen molar-refractivity contribution in [3.63, 3.8) is 0 Å². The van der Waals surface area contributed by atoms with Gasteiger partial charge in [-0.05, 0) is 13.8 Å². The summed E-state index contributed by atoms with van der Waals surface area (Å²) in [5, 5.41) is 9.32. The van der Waals surface area contributed by atoms with E-state index in [1.54, 1.807) is 0 Å². The normalized spacial score (nSPS) is 23.9. The standard InChI is InChI=1S/C5H8Br2O2/c1-5(2,9)3(8)4(6)7/h4,9H,1-2H3/i1D3. The van der Waals surface area contributed by atoms with Crippen LogP contribution in [0.15, 0.2) is 0 Å². The Bertz CT molecular complexity index is 188. The predicted molar refractivity (Wildman–Crippen MR) is 42.9 cm³/mol. The number of alkyl halides is 2. The summed E-state index contributed by atoms with van der Waals surface area (Å²) in [5.74, 6) is -0.817. The first-order valence-electron chi connectivity index (χ1n) is 3.65. The van der Waals surface area contributed by atoms with Crippen molar-refractivity contribution >= 4 is 37.6 Å². The van der Waals surface area contributed by atoms with Crippen LogP contribution in [-0.4, -0.2) is 20.2 Å². The van der Waals surface area contributed by atoms with Gasteiger partial charge in [0.15, 0.2) is 5.78 Å². The molecule has 0 aromatic rings. The third kappa shape index (κ3) is 3.33. The lowest BCUT2D eigenvalue weighted by molar-refractivity contribution is -0.131. The molecule has 9 heavy (non-hydrogen) atoms. The predicted octanol–water partition coefficient (Wildman–Crippen LogP) is 1.44. The van der Waals surface area contributed by atoms with Crippen molar-refractivity contribution in [2.45, 2.75) is 23.1 Å². The second-order valence-electron chi connectivity index (χ2n) is 1.74. The maximum Gasteiger partial charge on any atom is 0.187 e. The zero-order valence-electron chi connectivity index (χ0n) is 7.69. The molecule has 0 aromatic carbocycles. The molecule has 0 amide bonds. The van der Waals surface area contributed by atoms with Crippen LogP contribution < -0.4 is 0 Å². The van der Waals surface area contributed by atoms with E-state index in [1.807, 2.05) is 0 Å². The highest BCUT2D eigenvalue weighted by Gasteiger charge is 2.27. The molecule has 0 aromatic heterocycles. The minimum Gasteiger partial charge on any atom is -0.383 e. The molecule has 2 nitrogen and oxygen atoms in total. The van der Waals surface area contributed by atoms with E-state index in [9.17, 15) is 9.90 Å². The largest absolute Gasteiger partial charge is 0.383 e. The van der Waals surface area contributed by atoms with Crippen LogP contribution in [0.4, 0.5) is 0 Å². The summed E-state index contributed by atoms with van der Waals surface area (Å²) < 4.78 is 19.8. The minimum absolute atomic E-state index is 0.817. The van der Waals surface area contributed by atoms with Gasteiger partial charge < -0.3 is 5.11 Å². The lowest BCUT2D eigenvalue weighted by atomic mass is 10.1. The van der Waals surface area contributed by atoms with Crippen molar-refractivity contribution in [3.8, 4) is 0 Å². The summed E-state index contributed by atoms with van der Waals surface area (Å²) in [6, 6.07) is 0. The van der Waals surface area contributed by atoms with Gasteiger partial charge in [-0.25, -0.2) is 0 Å². The fourth-order valence-electron chi connectivity index (χ4n) is 0.212. The number of aliphatic hydroxyl groups is 1. The van der Waals surface area contributed by atoms with E-state index >= 15 is 0 Å². The van der Waals surface area contributed by atoms with Gasteiger partial charge >= 0.3 is 0 Å². The number of hydrogen-bond acceptors (Lipinski definition) is 2. The van der Waals surface area contributed by atoms with Gasteiger partial charge in [0.1, 0.15) is 9.34 Å². The first kappa shape index (κ1) is 5.27. The van der Waals surface area contributed by atoms with Crippen LogP contribution in [-0.2, 0) is 4.79 Å². The highest BCUT2D eigenvalue weighted by atomic mass is 79.9. The first-order chi connectivity index (χ1) is 5.10. The molecule has 0 saturated carbocycles. The van der Waals surface area contributed by atoms with Gasteiger partial charge in [0, 0.05) is 4.11 Å². The molecular formula is C5H8Br2O2. The van der Waals surface area contributed by atoms with Gasteiger partial charge in [-0.3, -0.25) is 4.79 Å². The van der Waals surface area contributed by atoms with Crippen LogP contribution >= 0.6 is 31.9 Å². The molecule has 54 valence electrons. The van der Waals surface area contributed by atoms with Crippen molar-refractivity contribution in [3.05, 3.63) is 0 Å². The van der Waals surface area contributed by atoms with Crippen molar-refractivity contribution in [2.24, 2.45) is 0 Å². The zero-order valence-corrected chi connectivity index (χ0v) is 7.86. The van der Waals surface area contributed by atoms with Gasteiger partial charge in [0.2, 0.25) is 0 Å². The Kier molecular flexibility index (Phi) is 1.83. The summed E-state index contributed by atoms with van der Waals surface area (Å²) in [4.78, 5) is 11.1. The van der Waals surface area contributed by atoms with Gasteiger partial charge in [-0.15, -0.1) is 0 Å². The van der Waals surface area contributed by atoms with Crippen LogP contribution in [0.2, 0.25) is 0 Å². The molecule has 0 radical (unpaired) electrons. The van der Waals surface area contributed by atoms with Crippen LogP contribution in [0.3, 0.4) is 0 Å². The third-order valence-corrected chi connectivity index (χ3v) is 1.51. The molecule has 4 heteroatoms. The average Bonchev–Trinajstić information content (AvgIpc) is 1.83. The van der Waals surface area contributed by atoms with Gasteiger partial charge in [0.25, 0.3) is 0 Å². The quantitative estimate of drug-likeness (QED) is 0.765. The SMILES string of the molecule is [2H]C([2H])([2H])C(C)(O)C(=O)C(Br)Br. The second kappa shape index (κ2) is 3.12. The van der Waals surface area contributed by atoms with Gasteiger partial charge in [-0.2, -0.15) is 0 Å². The van der Waals surface area contributed by atoms with Crippen molar-refractivity contribution in [1.82, 2.24) is 0 Å². The van der Waals surface area contributed by atoms with Crippen molar-refractivity contribution < 1.29 is 14.0 Å². The van der Waals surface area contributed by atoms with Crippen molar-refractivity contribution in [2.75, 3.05) is 0 Å². The van der Waals surface area contributed by atoms with Crippen LogP contribution in [0.1, 0.15) is 17.9 Å². The lowest BCUT2D eigenvalue weighted by Crippen LogP contribution is -2.34. The number of rotatable bonds is 2. The number of hydrogen-bond donors (Lipinski definition) is 1. The number of Topliss-reactive ketones (excluding diaryl/α,β-unsaturated/α-hetero) is 1. The molecule has 0 fully saturated rings. The summed E-state index contributed by atoms with van der Waals surface area (Å²) >= 11 is 5.65. The fourth-order valence-corrected chi connectivity index (χ4v) is 1.10. The maximum atomic E-state index is 11.1. The Morgan fingerprint density at radius 2 is 2.33 bits per heavy atom. The van der Waals surface area contributed by atoms with E-state index < -0.39 is 22.0 Å². The highest BCUT2D eigenvalue weighted by molar-refractivity contribution is 9.25. The smallest absolute Gasteiger partial charge is 0.187 e. The Hall–Kier alpha value is 0.590. The molecular weight excluding hydrogens is 252 g/mol. The Morgan fingerprint density at radius 3 is 2.44 bits per heavy atom. The monoisotopic (exact) mass is 261 g/mol. The van der Waals surface area contributed by atoms with E-state index in [0.717, 1.165) is 6.92 Å². The summed E-state index contributed by atoms with van der Waals surface area (Å²) in [6.07, 6.45) is 0. The molecule has 1 unspecified atom stereocenters. The van der Waals surface area contributed by atoms with Crippen LogP contribution in [0.25, 0.3) is 0 Å². The van der Waals surface area contributed by atoms with Crippen LogP contribution in [0, 0.1) is 0 Å². The van der Waals surface area contributed by atoms with E-state index in [2.05, 4.69) is 31.9 Å². The molecule has 0 rings (SSSR count). The molecule has 0 heterocycles. The molecule has 0 saturated heterocycles. The first-order valence-corrected chi connectivity index (χ1v) is 3.98. The molecule has 0 spiro atoms. The number of halogens is 2. The highest BCUT2D eigenvalue weighted by Crippen LogP contribution is 2.16. The summed E-state index contributed by atoms with van der Waals surface area (Å²) in [5.41, 5.74) is -2.31. The number of carbonyl (C=O) groups excluding carboxylic acids is 1. The molecule has 1 N–H and O–H groups in total. The van der Waals surface area contributed by atoms with Crippen LogP contribution in [0.5, 0.6) is 0 Å². The molecule has 0 aliphatic carbocycles. The number of carbonyl (C=O) groups is 1. The van der Waals surface area contributed by atoms with Crippen molar-refractivity contribution in [1.29, 1.82) is 0 Å². The Morgan fingerprint density at radius 1 is 1.89 bits per heavy atom. The van der Waals surface area contributed by atoms with E-state index in [-0.39, 0.29) is 0 Å². The van der Waals surface area contributed by atoms with Gasteiger partial charge in [0.05, 0.1) is 0 Å². The van der Waals surface area contributed by atoms with Gasteiger partial charge in [-0.1, -0.05) is 31.9 Å². The fraction of sp³-hybridized carbons (Fsp3) is 0.800. The third-order valence-electron chi connectivity index (χ3n) is 0.678. The Balaban J connectivity index is 4.74. The summed E-state index contributed by atoms with van der Waals surface area (Å²) in [6.45, 7) is -1.73. The van der Waals surface area contributed by atoms with E-state index in [1.165, 1.54) is 0 Å². The maximum absolute atomic E-state index is 11.1. The van der Waals surface area contributed by atoms with E-state index in [4.69, 9.17) is 4.11 Å². The second-order valence-corrected chi connectivity index (χ2v) is 4.80. The minimum atomic E-state index is -2.70. The number of ketones is 1. The lowest BCUT2D eigenvalue weighted by Gasteiger charge is -2.15. The molecule has 0 aliphatic heterocycles. The molecule has 0 bridgehead atoms. The molecule has 0 aliphatic rings. The average molecular weight is 263 g/mol. The zero-order chi connectivity index (χ0) is 10.2. The Labute approximate surface area is 75.1 Å². The molecule has 1 atom stereocenters.